The summed E-state index contributed by atoms with van der Waals surface area (Å²) in [5.74, 6) is -0.0215. The van der Waals surface area contributed by atoms with Crippen LogP contribution in [0.4, 0.5) is 0 Å². The number of nitrogens with zero attached hydrogens (tertiary/aromatic N) is 1. The van der Waals surface area contributed by atoms with Gasteiger partial charge in [0, 0.05) is 24.5 Å². The molecule has 1 N–H and O–H groups in total. The number of fused-ring (bicyclic) bond motifs is 3. The summed E-state index contributed by atoms with van der Waals surface area (Å²) >= 11 is 0. The standard InChI is InChI=1S/C13H10N2O/c16-13-12-4-2-1-3-11(12)10-5-6-14-7-9(10)8-15-13/h1-7H,8H2,(H,15,16). The first-order valence-electron chi connectivity index (χ1n) is 5.17. The molecule has 1 amide bonds. The summed E-state index contributed by atoms with van der Waals surface area (Å²) < 4.78 is 0. The fraction of sp³-hybridized carbons (Fsp3) is 0.0769. The zero-order chi connectivity index (χ0) is 11.0. The molecule has 3 heteroatoms. The van der Waals surface area contributed by atoms with Crippen LogP contribution in [0.5, 0.6) is 0 Å². The van der Waals surface area contributed by atoms with E-state index in [0.29, 0.717) is 6.54 Å². The third-order valence-electron chi connectivity index (χ3n) is 2.80. The van der Waals surface area contributed by atoms with Crippen LogP contribution in [0.1, 0.15) is 15.9 Å². The van der Waals surface area contributed by atoms with Crippen molar-refractivity contribution in [1.82, 2.24) is 10.3 Å². The Morgan fingerprint density at radius 3 is 2.75 bits per heavy atom. The van der Waals surface area contributed by atoms with Crippen LogP contribution in [0.2, 0.25) is 0 Å². The maximum absolute atomic E-state index is 11.8. The van der Waals surface area contributed by atoms with Crippen molar-refractivity contribution in [1.29, 1.82) is 0 Å². The van der Waals surface area contributed by atoms with E-state index in [0.717, 1.165) is 22.3 Å². The molecule has 1 aliphatic rings. The molecule has 0 aliphatic carbocycles. The molecule has 1 aliphatic heterocycles. The van der Waals surface area contributed by atoms with Gasteiger partial charge in [-0.15, -0.1) is 0 Å². The number of pyridine rings is 1. The average Bonchev–Trinajstić information content (AvgIpc) is 2.49. The van der Waals surface area contributed by atoms with Crippen LogP contribution in [0, 0.1) is 0 Å². The second-order valence-electron chi connectivity index (χ2n) is 3.76. The van der Waals surface area contributed by atoms with E-state index < -0.39 is 0 Å². The summed E-state index contributed by atoms with van der Waals surface area (Å²) in [6, 6.07) is 9.60. The molecule has 0 radical (unpaired) electrons. The summed E-state index contributed by atoms with van der Waals surface area (Å²) in [6.07, 6.45) is 3.56. The van der Waals surface area contributed by atoms with Gasteiger partial charge in [-0.1, -0.05) is 18.2 Å². The highest BCUT2D eigenvalue weighted by Crippen LogP contribution is 2.28. The topological polar surface area (TPSA) is 42.0 Å². The molecule has 0 fully saturated rings. The van der Waals surface area contributed by atoms with Gasteiger partial charge in [0.05, 0.1) is 0 Å². The minimum atomic E-state index is -0.0215. The van der Waals surface area contributed by atoms with Gasteiger partial charge < -0.3 is 5.32 Å². The number of carbonyl (C=O) groups excluding carboxylic acids is 1. The highest BCUT2D eigenvalue weighted by molar-refractivity contribution is 6.02. The van der Waals surface area contributed by atoms with Gasteiger partial charge in [0.25, 0.3) is 5.91 Å². The lowest BCUT2D eigenvalue weighted by molar-refractivity contribution is 0.0953. The molecule has 78 valence electrons. The predicted molar refractivity (Wildman–Crippen MR) is 60.8 cm³/mol. The Labute approximate surface area is 93.1 Å². The van der Waals surface area contributed by atoms with E-state index in [1.54, 1.807) is 12.4 Å². The van der Waals surface area contributed by atoms with Crippen LogP contribution in [0.3, 0.4) is 0 Å². The van der Waals surface area contributed by atoms with Gasteiger partial charge in [-0.05, 0) is 28.8 Å². The molecule has 2 aromatic rings. The maximum Gasteiger partial charge on any atom is 0.252 e. The molecule has 0 saturated carbocycles. The van der Waals surface area contributed by atoms with Gasteiger partial charge in [0.1, 0.15) is 0 Å². The molecular formula is C13H10N2O. The number of rotatable bonds is 0. The quantitative estimate of drug-likeness (QED) is 0.722. The molecule has 16 heavy (non-hydrogen) atoms. The van der Waals surface area contributed by atoms with Crippen LogP contribution in [-0.4, -0.2) is 10.9 Å². The van der Waals surface area contributed by atoms with Crippen molar-refractivity contribution < 1.29 is 4.79 Å². The number of benzene rings is 1. The Balaban J connectivity index is 2.32. The molecule has 0 atom stereocenters. The van der Waals surface area contributed by atoms with E-state index in [4.69, 9.17) is 0 Å². The molecule has 3 nitrogen and oxygen atoms in total. The van der Waals surface area contributed by atoms with Crippen LogP contribution in [0.15, 0.2) is 42.7 Å². The first-order chi connectivity index (χ1) is 7.86. The monoisotopic (exact) mass is 210 g/mol. The smallest absolute Gasteiger partial charge is 0.252 e. The Morgan fingerprint density at radius 2 is 1.88 bits per heavy atom. The third-order valence-corrected chi connectivity index (χ3v) is 2.80. The van der Waals surface area contributed by atoms with Crippen molar-refractivity contribution in [2.45, 2.75) is 6.54 Å². The number of amides is 1. The normalized spacial score (nSPS) is 13.4. The second kappa shape index (κ2) is 3.45. The summed E-state index contributed by atoms with van der Waals surface area (Å²) in [4.78, 5) is 15.9. The summed E-state index contributed by atoms with van der Waals surface area (Å²) in [5.41, 5.74) is 3.85. The van der Waals surface area contributed by atoms with Crippen molar-refractivity contribution in [3.05, 3.63) is 53.9 Å². The largest absolute Gasteiger partial charge is 0.348 e. The fourth-order valence-electron chi connectivity index (χ4n) is 2.02. The average molecular weight is 210 g/mol. The molecule has 1 aromatic carbocycles. The van der Waals surface area contributed by atoms with Crippen molar-refractivity contribution >= 4 is 5.91 Å². The van der Waals surface area contributed by atoms with Gasteiger partial charge in [0.15, 0.2) is 0 Å². The lowest BCUT2D eigenvalue weighted by atomic mass is 9.98. The van der Waals surface area contributed by atoms with Gasteiger partial charge in [-0.25, -0.2) is 0 Å². The molecule has 3 rings (SSSR count). The minimum absolute atomic E-state index is 0.0215. The Hall–Kier alpha value is -2.16. The maximum atomic E-state index is 11.8. The predicted octanol–water partition coefficient (Wildman–Crippen LogP) is 1.99. The number of nitrogens with one attached hydrogen (secondary N) is 1. The Morgan fingerprint density at radius 1 is 1.06 bits per heavy atom. The fourth-order valence-corrected chi connectivity index (χ4v) is 2.02. The molecular weight excluding hydrogens is 200 g/mol. The van der Waals surface area contributed by atoms with Crippen molar-refractivity contribution in [2.75, 3.05) is 0 Å². The summed E-state index contributed by atoms with van der Waals surface area (Å²) in [5, 5.41) is 2.88. The van der Waals surface area contributed by atoms with Crippen LogP contribution in [-0.2, 0) is 6.54 Å². The van der Waals surface area contributed by atoms with E-state index in [-0.39, 0.29) is 5.91 Å². The highest BCUT2D eigenvalue weighted by Gasteiger charge is 2.18. The molecule has 2 heterocycles. The zero-order valence-electron chi connectivity index (χ0n) is 8.60. The number of hydrogen-bond donors (Lipinski definition) is 1. The Bertz CT molecular complexity index is 563. The molecule has 0 spiro atoms. The van der Waals surface area contributed by atoms with Crippen LogP contribution < -0.4 is 5.32 Å². The van der Waals surface area contributed by atoms with E-state index >= 15 is 0 Å². The summed E-state index contributed by atoms with van der Waals surface area (Å²) in [7, 11) is 0. The first kappa shape index (κ1) is 9.09. The molecule has 1 aromatic heterocycles. The minimum Gasteiger partial charge on any atom is -0.348 e. The molecule has 0 saturated heterocycles. The van der Waals surface area contributed by atoms with Crippen molar-refractivity contribution in [3.63, 3.8) is 0 Å². The molecule has 0 unspecified atom stereocenters. The third kappa shape index (κ3) is 1.29. The SMILES string of the molecule is O=C1NCc2cnccc2-c2ccccc21. The van der Waals surface area contributed by atoms with Crippen LogP contribution in [0.25, 0.3) is 11.1 Å². The lowest BCUT2D eigenvalue weighted by Gasteiger charge is -2.05. The van der Waals surface area contributed by atoms with Gasteiger partial charge in [-0.2, -0.15) is 0 Å². The lowest BCUT2D eigenvalue weighted by Crippen LogP contribution is -2.21. The zero-order valence-corrected chi connectivity index (χ0v) is 8.60. The van der Waals surface area contributed by atoms with Gasteiger partial charge in [0.2, 0.25) is 0 Å². The van der Waals surface area contributed by atoms with Crippen molar-refractivity contribution in [2.24, 2.45) is 0 Å². The van der Waals surface area contributed by atoms with E-state index in [9.17, 15) is 4.79 Å². The van der Waals surface area contributed by atoms with E-state index in [1.807, 2.05) is 30.3 Å². The molecule has 0 bridgehead atoms. The van der Waals surface area contributed by atoms with Crippen LogP contribution >= 0.6 is 0 Å². The highest BCUT2D eigenvalue weighted by atomic mass is 16.1. The second-order valence-corrected chi connectivity index (χ2v) is 3.76. The van der Waals surface area contributed by atoms with Crippen molar-refractivity contribution in [3.8, 4) is 11.1 Å². The van der Waals surface area contributed by atoms with Gasteiger partial charge >= 0.3 is 0 Å². The van der Waals surface area contributed by atoms with E-state index in [2.05, 4.69) is 10.3 Å². The first-order valence-corrected chi connectivity index (χ1v) is 5.17. The van der Waals surface area contributed by atoms with E-state index in [1.165, 1.54) is 0 Å². The van der Waals surface area contributed by atoms with Gasteiger partial charge in [-0.3, -0.25) is 9.78 Å². The Kier molecular flexibility index (Phi) is 1.96. The number of aromatic nitrogens is 1. The summed E-state index contributed by atoms with van der Waals surface area (Å²) in [6.45, 7) is 0.538. The number of carbonyl (C=O) groups is 1. The number of hydrogen-bond acceptors (Lipinski definition) is 2.